The standard InChI is InChI=1S/C16H23ClN4/c1-4-14-16(17)15(21(3)20-14)10-13(19-18)9-12-7-5-6-11(2)8-12/h5-8,13,19H,4,9-10,18H2,1-3H3. The number of aromatic nitrogens is 2. The summed E-state index contributed by atoms with van der Waals surface area (Å²) in [4.78, 5) is 0. The van der Waals surface area contributed by atoms with Crippen molar-refractivity contribution in [3.8, 4) is 0 Å². The number of hydrogen-bond donors (Lipinski definition) is 2. The van der Waals surface area contributed by atoms with Crippen molar-refractivity contribution in [1.29, 1.82) is 0 Å². The van der Waals surface area contributed by atoms with Crippen LogP contribution in [0.3, 0.4) is 0 Å². The molecule has 0 saturated heterocycles. The molecule has 0 aliphatic carbocycles. The monoisotopic (exact) mass is 306 g/mol. The molecule has 1 heterocycles. The Hall–Kier alpha value is -1.36. The molecular formula is C16H23ClN4. The van der Waals surface area contributed by atoms with Crippen molar-refractivity contribution < 1.29 is 0 Å². The molecule has 2 rings (SSSR count). The van der Waals surface area contributed by atoms with Crippen LogP contribution in [0, 0.1) is 6.92 Å². The van der Waals surface area contributed by atoms with Gasteiger partial charge in [-0.1, -0.05) is 48.4 Å². The van der Waals surface area contributed by atoms with E-state index in [0.717, 1.165) is 35.7 Å². The highest BCUT2D eigenvalue weighted by atomic mass is 35.5. The van der Waals surface area contributed by atoms with E-state index in [9.17, 15) is 0 Å². The highest BCUT2D eigenvalue weighted by molar-refractivity contribution is 6.31. The molecule has 0 bridgehead atoms. The van der Waals surface area contributed by atoms with E-state index < -0.39 is 0 Å². The fourth-order valence-corrected chi connectivity index (χ4v) is 2.96. The highest BCUT2D eigenvalue weighted by Gasteiger charge is 2.17. The summed E-state index contributed by atoms with van der Waals surface area (Å²) in [6, 6.07) is 8.61. The zero-order valence-corrected chi connectivity index (χ0v) is 13.6. The van der Waals surface area contributed by atoms with E-state index >= 15 is 0 Å². The van der Waals surface area contributed by atoms with Crippen LogP contribution in [0.15, 0.2) is 24.3 Å². The van der Waals surface area contributed by atoms with Gasteiger partial charge in [-0.3, -0.25) is 16.0 Å². The molecule has 5 heteroatoms. The summed E-state index contributed by atoms with van der Waals surface area (Å²) in [6.45, 7) is 4.16. The van der Waals surface area contributed by atoms with Gasteiger partial charge in [0.25, 0.3) is 0 Å². The van der Waals surface area contributed by atoms with Gasteiger partial charge in [0.15, 0.2) is 0 Å². The van der Waals surface area contributed by atoms with Gasteiger partial charge in [0.2, 0.25) is 0 Å². The second-order valence-corrected chi connectivity index (χ2v) is 5.82. The van der Waals surface area contributed by atoms with Gasteiger partial charge in [-0.15, -0.1) is 0 Å². The lowest BCUT2D eigenvalue weighted by Crippen LogP contribution is -2.39. The smallest absolute Gasteiger partial charge is 0.0850 e. The Bertz CT molecular complexity index is 606. The van der Waals surface area contributed by atoms with E-state index in [2.05, 4.69) is 48.6 Å². The second-order valence-electron chi connectivity index (χ2n) is 5.45. The van der Waals surface area contributed by atoms with Gasteiger partial charge in [-0.25, -0.2) is 0 Å². The molecular weight excluding hydrogens is 284 g/mol. The van der Waals surface area contributed by atoms with Crippen LogP contribution in [0.5, 0.6) is 0 Å². The average molecular weight is 307 g/mol. The van der Waals surface area contributed by atoms with E-state index in [1.165, 1.54) is 11.1 Å². The van der Waals surface area contributed by atoms with E-state index in [-0.39, 0.29) is 6.04 Å². The van der Waals surface area contributed by atoms with Crippen LogP contribution in [0.2, 0.25) is 5.02 Å². The minimum atomic E-state index is 0.129. The largest absolute Gasteiger partial charge is 0.271 e. The maximum atomic E-state index is 6.41. The van der Waals surface area contributed by atoms with Gasteiger partial charge in [-0.2, -0.15) is 5.10 Å². The van der Waals surface area contributed by atoms with Crippen LogP contribution in [0.25, 0.3) is 0 Å². The first-order valence-electron chi connectivity index (χ1n) is 7.27. The average Bonchev–Trinajstić information content (AvgIpc) is 2.73. The number of benzene rings is 1. The first-order valence-corrected chi connectivity index (χ1v) is 7.64. The molecule has 0 amide bonds. The van der Waals surface area contributed by atoms with E-state index in [4.69, 9.17) is 17.4 Å². The summed E-state index contributed by atoms with van der Waals surface area (Å²) in [5.41, 5.74) is 7.41. The summed E-state index contributed by atoms with van der Waals surface area (Å²) in [5.74, 6) is 5.72. The van der Waals surface area contributed by atoms with Gasteiger partial charge in [-0.05, 0) is 25.3 Å². The van der Waals surface area contributed by atoms with Gasteiger partial charge in [0, 0.05) is 19.5 Å². The third kappa shape index (κ3) is 3.84. The molecule has 4 nitrogen and oxygen atoms in total. The predicted molar refractivity (Wildman–Crippen MR) is 87.3 cm³/mol. The molecule has 21 heavy (non-hydrogen) atoms. The van der Waals surface area contributed by atoms with Gasteiger partial charge in [0.1, 0.15) is 0 Å². The Morgan fingerprint density at radius 3 is 2.71 bits per heavy atom. The lowest BCUT2D eigenvalue weighted by molar-refractivity contribution is 0.505. The lowest BCUT2D eigenvalue weighted by atomic mass is 10.0. The van der Waals surface area contributed by atoms with Crippen LogP contribution in [0.4, 0.5) is 0 Å². The van der Waals surface area contributed by atoms with Crippen LogP contribution in [0.1, 0.15) is 29.4 Å². The Morgan fingerprint density at radius 2 is 2.14 bits per heavy atom. The normalized spacial score (nSPS) is 12.6. The number of halogens is 1. The van der Waals surface area contributed by atoms with Crippen molar-refractivity contribution in [1.82, 2.24) is 15.2 Å². The number of hydrogen-bond acceptors (Lipinski definition) is 3. The molecule has 1 atom stereocenters. The number of aryl methyl sites for hydroxylation is 3. The van der Waals surface area contributed by atoms with E-state index in [0.29, 0.717) is 0 Å². The van der Waals surface area contributed by atoms with Crippen LogP contribution < -0.4 is 11.3 Å². The first kappa shape index (κ1) is 16.0. The molecule has 3 N–H and O–H groups in total. The summed E-state index contributed by atoms with van der Waals surface area (Å²) in [7, 11) is 1.93. The van der Waals surface area contributed by atoms with Crippen molar-refractivity contribution in [3.05, 3.63) is 51.8 Å². The highest BCUT2D eigenvalue weighted by Crippen LogP contribution is 2.22. The molecule has 0 radical (unpaired) electrons. The topological polar surface area (TPSA) is 55.9 Å². The summed E-state index contributed by atoms with van der Waals surface area (Å²) in [5, 5.41) is 5.22. The summed E-state index contributed by atoms with van der Waals surface area (Å²) < 4.78 is 1.86. The molecule has 0 saturated carbocycles. The van der Waals surface area contributed by atoms with E-state index in [1.807, 2.05) is 11.7 Å². The van der Waals surface area contributed by atoms with E-state index in [1.54, 1.807) is 0 Å². The number of nitrogens with one attached hydrogen (secondary N) is 1. The van der Waals surface area contributed by atoms with Crippen LogP contribution in [-0.4, -0.2) is 15.8 Å². The van der Waals surface area contributed by atoms with Crippen LogP contribution >= 0.6 is 11.6 Å². The molecule has 1 aromatic carbocycles. The SMILES string of the molecule is CCc1nn(C)c(CC(Cc2cccc(C)c2)NN)c1Cl. The molecule has 0 aliphatic heterocycles. The van der Waals surface area contributed by atoms with Gasteiger partial charge < -0.3 is 0 Å². The van der Waals surface area contributed by atoms with Crippen molar-refractivity contribution in [3.63, 3.8) is 0 Å². The molecule has 114 valence electrons. The van der Waals surface area contributed by atoms with Crippen molar-refractivity contribution in [2.75, 3.05) is 0 Å². The fourth-order valence-electron chi connectivity index (χ4n) is 2.59. The number of rotatable bonds is 6. The third-order valence-electron chi connectivity index (χ3n) is 3.74. The summed E-state index contributed by atoms with van der Waals surface area (Å²) >= 11 is 6.41. The lowest BCUT2D eigenvalue weighted by Gasteiger charge is -2.16. The number of hydrazine groups is 1. The molecule has 0 aliphatic rings. The Morgan fingerprint density at radius 1 is 1.38 bits per heavy atom. The predicted octanol–water partition coefficient (Wildman–Crippen LogP) is 2.56. The van der Waals surface area contributed by atoms with Crippen molar-refractivity contribution in [2.45, 2.75) is 39.2 Å². The fraction of sp³-hybridized carbons (Fsp3) is 0.438. The van der Waals surface area contributed by atoms with Crippen molar-refractivity contribution in [2.24, 2.45) is 12.9 Å². The zero-order chi connectivity index (χ0) is 15.4. The first-order chi connectivity index (χ1) is 10.0. The Kier molecular flexibility index (Phi) is 5.39. The maximum absolute atomic E-state index is 6.41. The number of nitrogens with zero attached hydrogens (tertiary/aromatic N) is 2. The van der Waals surface area contributed by atoms with Crippen molar-refractivity contribution >= 4 is 11.6 Å². The zero-order valence-electron chi connectivity index (χ0n) is 12.9. The van der Waals surface area contributed by atoms with Gasteiger partial charge in [0.05, 0.1) is 16.4 Å². The van der Waals surface area contributed by atoms with Gasteiger partial charge >= 0.3 is 0 Å². The molecule has 0 fully saturated rings. The maximum Gasteiger partial charge on any atom is 0.0850 e. The quantitative estimate of drug-likeness (QED) is 0.637. The summed E-state index contributed by atoms with van der Waals surface area (Å²) in [6.07, 6.45) is 2.46. The molecule has 2 aromatic rings. The third-order valence-corrected chi connectivity index (χ3v) is 4.18. The Labute approximate surface area is 131 Å². The number of nitrogens with two attached hydrogens (primary N) is 1. The minimum Gasteiger partial charge on any atom is -0.271 e. The molecule has 0 spiro atoms. The Balaban J connectivity index is 2.14. The minimum absolute atomic E-state index is 0.129. The second kappa shape index (κ2) is 7.07. The molecule has 1 unspecified atom stereocenters. The molecule has 1 aromatic heterocycles. The van der Waals surface area contributed by atoms with Crippen LogP contribution in [-0.2, 0) is 26.3 Å².